The molecule has 0 saturated heterocycles. The summed E-state index contributed by atoms with van der Waals surface area (Å²) in [6, 6.07) is 0. The average Bonchev–Trinajstić information content (AvgIpc) is 2.73. The molecule has 0 spiro atoms. The molecule has 5 heteroatoms. The van der Waals surface area contributed by atoms with E-state index >= 15 is 0 Å². The van der Waals surface area contributed by atoms with Crippen molar-refractivity contribution in [3.8, 4) is 0 Å². The van der Waals surface area contributed by atoms with Gasteiger partial charge >= 0.3 is 0 Å². The lowest BCUT2D eigenvalue weighted by Crippen LogP contribution is -2.51. The van der Waals surface area contributed by atoms with Crippen LogP contribution in [0.15, 0.2) is 12.7 Å². The Hall–Kier alpha value is -0.390. The first-order valence-corrected chi connectivity index (χ1v) is 12.7. The zero-order valence-corrected chi connectivity index (χ0v) is 17.6. The van der Waals surface area contributed by atoms with Gasteiger partial charge in [0, 0.05) is 0 Å². The Morgan fingerprint density at radius 3 is 1.78 bits per heavy atom. The van der Waals surface area contributed by atoms with Crippen molar-refractivity contribution in [2.75, 3.05) is 6.61 Å². The van der Waals surface area contributed by atoms with E-state index in [4.69, 9.17) is 4.18 Å². The quantitative estimate of drug-likeness (QED) is 0.486. The summed E-state index contributed by atoms with van der Waals surface area (Å²) in [5.74, 6) is 0.792. The van der Waals surface area contributed by atoms with Crippen molar-refractivity contribution in [1.82, 2.24) is 0 Å². The lowest BCUT2D eigenvalue weighted by Gasteiger charge is -2.45. The Kier molecular flexibility index (Phi) is 7.43. The molecule has 0 aliphatic heterocycles. The molecule has 3 fully saturated rings. The summed E-state index contributed by atoms with van der Waals surface area (Å²) >= 11 is 0. The van der Waals surface area contributed by atoms with Crippen molar-refractivity contribution in [3.63, 3.8) is 0 Å². The maximum Gasteiger partial charge on any atom is 0.270 e. The van der Waals surface area contributed by atoms with Gasteiger partial charge in [0.2, 0.25) is 0 Å². The van der Waals surface area contributed by atoms with Crippen molar-refractivity contribution in [2.24, 2.45) is 17.8 Å². The highest BCUT2D eigenvalue weighted by Gasteiger charge is 2.46. The second-order valence-corrected chi connectivity index (χ2v) is 11.1. The smallest absolute Gasteiger partial charge is 0.270 e. The summed E-state index contributed by atoms with van der Waals surface area (Å²) in [7, 11) is -3.62. The molecule has 0 aromatic rings. The van der Waals surface area contributed by atoms with Gasteiger partial charge < -0.3 is 5.11 Å². The van der Waals surface area contributed by atoms with Crippen LogP contribution in [0.25, 0.3) is 0 Å². The van der Waals surface area contributed by atoms with Gasteiger partial charge in [-0.3, -0.25) is 4.18 Å². The highest BCUT2D eigenvalue weighted by molar-refractivity contribution is 7.87. The van der Waals surface area contributed by atoms with Gasteiger partial charge in [-0.15, -0.1) is 6.58 Å². The fourth-order valence-electron chi connectivity index (χ4n) is 5.66. The molecule has 4 nitrogen and oxygen atoms in total. The molecule has 0 radical (unpaired) electrons. The Balaban J connectivity index is 1.67. The standard InChI is InChI=1S/C22H38O4S/c1-2-18-13-15-21(16-14-18)27(24,25)26-17-22(23,19-9-5-3-6-10-19)20-11-7-4-8-12-20/h2,18-21,23H,1,3-17H2. The average molecular weight is 399 g/mol. The summed E-state index contributed by atoms with van der Waals surface area (Å²) in [4.78, 5) is 0. The molecule has 1 N–H and O–H groups in total. The van der Waals surface area contributed by atoms with Gasteiger partial charge in [0.1, 0.15) is 0 Å². The minimum absolute atomic E-state index is 0.0357. The van der Waals surface area contributed by atoms with Crippen LogP contribution in [0, 0.1) is 17.8 Å². The summed E-state index contributed by atoms with van der Waals surface area (Å²) in [6.45, 7) is 3.79. The molecule has 0 aromatic carbocycles. The first kappa shape index (κ1) is 21.3. The molecule has 0 aromatic heterocycles. The molecular formula is C22H38O4S. The zero-order valence-electron chi connectivity index (χ0n) is 16.8. The van der Waals surface area contributed by atoms with Gasteiger partial charge in [-0.05, 0) is 69.1 Å². The molecule has 3 aliphatic rings. The van der Waals surface area contributed by atoms with E-state index in [-0.39, 0.29) is 18.4 Å². The van der Waals surface area contributed by atoms with Crippen LogP contribution in [0.3, 0.4) is 0 Å². The van der Waals surface area contributed by atoms with Crippen molar-refractivity contribution < 1.29 is 17.7 Å². The second-order valence-electron chi connectivity index (χ2n) is 9.19. The Labute approximate surface area is 165 Å². The first-order chi connectivity index (χ1) is 13.0. The molecule has 27 heavy (non-hydrogen) atoms. The SMILES string of the molecule is C=CC1CCC(S(=O)(=O)OCC(O)(C2CCCCC2)C2CCCCC2)CC1. The third-order valence-corrected chi connectivity index (χ3v) is 9.27. The molecule has 0 bridgehead atoms. The van der Waals surface area contributed by atoms with Gasteiger partial charge in [-0.2, -0.15) is 8.42 Å². The summed E-state index contributed by atoms with van der Waals surface area (Å²) < 4.78 is 31.3. The van der Waals surface area contributed by atoms with E-state index in [1.54, 1.807) is 0 Å². The fraction of sp³-hybridized carbons (Fsp3) is 0.909. The molecule has 0 heterocycles. The second kappa shape index (κ2) is 9.41. The van der Waals surface area contributed by atoms with Crippen LogP contribution in [0.1, 0.15) is 89.9 Å². The van der Waals surface area contributed by atoms with Crippen LogP contribution < -0.4 is 0 Å². The van der Waals surface area contributed by atoms with Crippen molar-refractivity contribution >= 4 is 10.1 Å². The van der Waals surface area contributed by atoms with Gasteiger partial charge in [-0.25, -0.2) is 0 Å². The number of hydrogen-bond donors (Lipinski definition) is 1. The van der Waals surface area contributed by atoms with Crippen LogP contribution in [0.2, 0.25) is 0 Å². The molecule has 0 unspecified atom stereocenters. The Morgan fingerprint density at radius 1 is 0.852 bits per heavy atom. The monoisotopic (exact) mass is 398 g/mol. The predicted molar refractivity (Wildman–Crippen MR) is 109 cm³/mol. The highest BCUT2D eigenvalue weighted by Crippen LogP contribution is 2.43. The van der Waals surface area contributed by atoms with E-state index in [0.29, 0.717) is 18.8 Å². The molecule has 0 amide bonds. The number of aliphatic hydroxyl groups is 1. The van der Waals surface area contributed by atoms with Crippen molar-refractivity contribution in [1.29, 1.82) is 0 Å². The van der Waals surface area contributed by atoms with Gasteiger partial charge in [0.25, 0.3) is 10.1 Å². The van der Waals surface area contributed by atoms with Crippen LogP contribution in [0.4, 0.5) is 0 Å². The lowest BCUT2D eigenvalue weighted by molar-refractivity contribution is -0.116. The predicted octanol–water partition coefficient (Wildman–Crippen LogP) is 4.97. The number of rotatable bonds is 7. The van der Waals surface area contributed by atoms with Gasteiger partial charge in [0.15, 0.2) is 0 Å². The van der Waals surface area contributed by atoms with Crippen LogP contribution in [-0.4, -0.2) is 31.0 Å². The third-order valence-electron chi connectivity index (χ3n) is 7.54. The third kappa shape index (κ3) is 5.16. The largest absolute Gasteiger partial charge is 0.387 e. The molecule has 3 aliphatic carbocycles. The van der Waals surface area contributed by atoms with E-state index in [9.17, 15) is 13.5 Å². The number of allylic oxidation sites excluding steroid dienone is 1. The summed E-state index contributed by atoms with van der Waals surface area (Å²) in [5, 5.41) is 11.3. The Morgan fingerprint density at radius 2 is 1.33 bits per heavy atom. The summed E-state index contributed by atoms with van der Waals surface area (Å²) in [6.07, 6.45) is 16.0. The zero-order chi connectivity index (χ0) is 19.3. The van der Waals surface area contributed by atoms with E-state index in [2.05, 4.69) is 6.58 Å². The first-order valence-electron chi connectivity index (χ1n) is 11.2. The molecule has 3 rings (SSSR count). The van der Waals surface area contributed by atoms with Crippen LogP contribution in [-0.2, 0) is 14.3 Å². The van der Waals surface area contributed by atoms with Crippen molar-refractivity contribution in [3.05, 3.63) is 12.7 Å². The topological polar surface area (TPSA) is 63.6 Å². The highest BCUT2D eigenvalue weighted by atomic mass is 32.2. The Bertz CT molecular complexity index is 547. The van der Waals surface area contributed by atoms with E-state index in [1.807, 2.05) is 6.08 Å². The minimum atomic E-state index is -3.62. The van der Waals surface area contributed by atoms with Gasteiger partial charge in [0.05, 0.1) is 17.5 Å². The molecule has 3 saturated carbocycles. The number of hydrogen-bond acceptors (Lipinski definition) is 4. The molecular weight excluding hydrogens is 360 g/mol. The van der Waals surface area contributed by atoms with Crippen LogP contribution >= 0.6 is 0 Å². The minimum Gasteiger partial charge on any atom is -0.387 e. The maximum atomic E-state index is 12.8. The lowest BCUT2D eigenvalue weighted by atomic mass is 9.67. The fourth-order valence-corrected chi connectivity index (χ4v) is 7.05. The maximum absolute atomic E-state index is 12.8. The van der Waals surface area contributed by atoms with E-state index in [1.165, 1.54) is 12.8 Å². The van der Waals surface area contributed by atoms with Crippen molar-refractivity contribution in [2.45, 2.75) is 101 Å². The van der Waals surface area contributed by atoms with Gasteiger partial charge in [-0.1, -0.05) is 44.6 Å². The van der Waals surface area contributed by atoms with E-state index in [0.717, 1.165) is 64.2 Å². The molecule has 156 valence electrons. The van der Waals surface area contributed by atoms with Crippen LogP contribution in [0.5, 0.6) is 0 Å². The molecule has 0 atom stereocenters. The van der Waals surface area contributed by atoms with E-state index < -0.39 is 21.0 Å². The summed E-state index contributed by atoms with van der Waals surface area (Å²) in [5.41, 5.74) is -0.980. The normalized spacial score (nSPS) is 29.5.